The van der Waals surface area contributed by atoms with E-state index in [1.54, 1.807) is 18.3 Å². The number of imide groups is 1. The Morgan fingerprint density at radius 3 is 2.52 bits per heavy atom. The second kappa shape index (κ2) is 10.6. The first-order chi connectivity index (χ1) is 19.3. The van der Waals surface area contributed by atoms with Crippen LogP contribution in [0.25, 0.3) is 11.6 Å². The number of fused-ring (bicyclic) bond motifs is 1. The van der Waals surface area contributed by atoms with Gasteiger partial charge < -0.3 is 4.52 Å². The van der Waals surface area contributed by atoms with Gasteiger partial charge in [0.25, 0.3) is 17.4 Å². The van der Waals surface area contributed by atoms with E-state index in [2.05, 4.69) is 22.0 Å². The van der Waals surface area contributed by atoms with Gasteiger partial charge in [0.1, 0.15) is 11.4 Å². The molecular formula is C29H34N6O5. The molecule has 2 fully saturated rings. The van der Waals surface area contributed by atoms with Crippen molar-refractivity contribution >= 4 is 11.8 Å². The standard InChI is InChI=1S/C29H34N6O5/c1-29(13-14-29)12-7-17-33-24-20(18-23(36)35(27(24)38)19-8-6-9-19)26(37)34(28(33)39)16-5-3-11-22-31-25(40-32-22)21-10-2-4-15-30-21/h2,4,10,15,19H,3,5-9,11-14,16-18H2,1H3. The van der Waals surface area contributed by atoms with E-state index in [-0.39, 0.29) is 36.2 Å². The molecule has 0 N–H and O–H groups in total. The monoisotopic (exact) mass is 546 g/mol. The van der Waals surface area contributed by atoms with Crippen molar-refractivity contribution in [2.24, 2.45) is 5.41 Å². The Labute approximate surface area is 231 Å². The van der Waals surface area contributed by atoms with Crippen LogP contribution in [0.4, 0.5) is 0 Å². The van der Waals surface area contributed by atoms with E-state index in [0.29, 0.717) is 48.6 Å². The van der Waals surface area contributed by atoms with Gasteiger partial charge in [-0.05, 0) is 75.3 Å². The molecule has 210 valence electrons. The van der Waals surface area contributed by atoms with E-state index < -0.39 is 17.2 Å². The highest BCUT2D eigenvalue weighted by molar-refractivity contribution is 6.09. The molecule has 0 radical (unpaired) electrons. The molecule has 0 bridgehead atoms. The number of pyridine rings is 1. The van der Waals surface area contributed by atoms with Crippen LogP contribution in [0.1, 0.15) is 86.6 Å². The number of hydrogen-bond acceptors (Lipinski definition) is 8. The van der Waals surface area contributed by atoms with Crippen molar-refractivity contribution in [2.45, 2.75) is 96.7 Å². The van der Waals surface area contributed by atoms with Gasteiger partial charge in [-0.15, -0.1) is 0 Å². The summed E-state index contributed by atoms with van der Waals surface area (Å²) in [4.78, 5) is 63.6. The Morgan fingerprint density at radius 1 is 1.02 bits per heavy atom. The van der Waals surface area contributed by atoms with Crippen molar-refractivity contribution in [3.8, 4) is 11.6 Å². The zero-order chi connectivity index (χ0) is 27.9. The number of nitrogens with zero attached hydrogens (tertiary/aromatic N) is 6. The highest BCUT2D eigenvalue weighted by Crippen LogP contribution is 2.48. The quantitative estimate of drug-likeness (QED) is 0.265. The van der Waals surface area contributed by atoms with E-state index in [0.717, 1.165) is 32.1 Å². The maximum atomic E-state index is 13.7. The highest BCUT2D eigenvalue weighted by Gasteiger charge is 2.42. The third-order valence-corrected chi connectivity index (χ3v) is 8.63. The lowest BCUT2D eigenvalue weighted by Gasteiger charge is -2.39. The summed E-state index contributed by atoms with van der Waals surface area (Å²) >= 11 is 0. The summed E-state index contributed by atoms with van der Waals surface area (Å²) in [6, 6.07) is 5.30. The van der Waals surface area contributed by atoms with Crippen LogP contribution < -0.4 is 11.2 Å². The molecule has 2 aliphatic carbocycles. The van der Waals surface area contributed by atoms with E-state index in [9.17, 15) is 19.2 Å². The summed E-state index contributed by atoms with van der Waals surface area (Å²) in [5, 5.41) is 4.01. The molecular weight excluding hydrogens is 512 g/mol. The summed E-state index contributed by atoms with van der Waals surface area (Å²) in [6.45, 7) is 2.77. The Kier molecular flexibility index (Phi) is 6.97. The number of carbonyl (C=O) groups is 2. The second-order valence-corrected chi connectivity index (χ2v) is 11.7. The molecule has 40 heavy (non-hydrogen) atoms. The average molecular weight is 547 g/mol. The molecule has 11 heteroatoms. The molecule has 0 unspecified atom stereocenters. The third kappa shape index (κ3) is 5.04. The number of hydrogen-bond donors (Lipinski definition) is 0. The van der Waals surface area contributed by atoms with Gasteiger partial charge in [0.05, 0.1) is 12.0 Å². The van der Waals surface area contributed by atoms with Crippen LogP contribution in [0.5, 0.6) is 0 Å². The van der Waals surface area contributed by atoms with Crippen molar-refractivity contribution in [2.75, 3.05) is 0 Å². The molecule has 0 spiro atoms. The molecule has 4 heterocycles. The van der Waals surface area contributed by atoms with Gasteiger partial charge >= 0.3 is 5.69 Å². The fourth-order valence-corrected chi connectivity index (χ4v) is 5.67. The number of aryl methyl sites for hydroxylation is 1. The van der Waals surface area contributed by atoms with E-state index in [1.807, 2.05) is 6.07 Å². The second-order valence-electron chi connectivity index (χ2n) is 11.7. The van der Waals surface area contributed by atoms with Gasteiger partial charge in [-0.25, -0.2) is 4.79 Å². The summed E-state index contributed by atoms with van der Waals surface area (Å²) < 4.78 is 7.98. The molecule has 3 aliphatic rings. The van der Waals surface area contributed by atoms with Gasteiger partial charge in [-0.1, -0.05) is 18.1 Å². The maximum absolute atomic E-state index is 13.7. The first-order valence-electron chi connectivity index (χ1n) is 14.3. The van der Waals surface area contributed by atoms with Gasteiger partial charge in [0.2, 0.25) is 5.91 Å². The molecule has 6 rings (SSSR count). The van der Waals surface area contributed by atoms with E-state index in [1.165, 1.54) is 26.9 Å². The minimum Gasteiger partial charge on any atom is -0.332 e. The average Bonchev–Trinajstić information content (AvgIpc) is 3.46. The summed E-state index contributed by atoms with van der Waals surface area (Å²) in [5.41, 5.74) is 0.170. The van der Waals surface area contributed by atoms with Gasteiger partial charge in [-0.2, -0.15) is 4.98 Å². The van der Waals surface area contributed by atoms with Crippen LogP contribution in [-0.2, 0) is 30.7 Å². The summed E-state index contributed by atoms with van der Waals surface area (Å²) in [7, 11) is 0. The van der Waals surface area contributed by atoms with Crippen molar-refractivity contribution in [3.05, 3.63) is 62.3 Å². The van der Waals surface area contributed by atoms with Crippen molar-refractivity contribution in [3.63, 3.8) is 0 Å². The minimum atomic E-state index is -0.530. The van der Waals surface area contributed by atoms with E-state index >= 15 is 0 Å². The lowest BCUT2D eigenvalue weighted by molar-refractivity contribution is -0.131. The predicted octanol–water partition coefficient (Wildman–Crippen LogP) is 3.14. The van der Waals surface area contributed by atoms with Crippen LogP contribution in [0.3, 0.4) is 0 Å². The van der Waals surface area contributed by atoms with Gasteiger partial charge in [0.15, 0.2) is 5.82 Å². The Balaban J connectivity index is 1.21. The van der Waals surface area contributed by atoms with Crippen LogP contribution in [0, 0.1) is 5.41 Å². The maximum Gasteiger partial charge on any atom is 0.331 e. The Morgan fingerprint density at radius 2 is 1.82 bits per heavy atom. The number of rotatable bonds is 11. The molecule has 2 amide bonds. The summed E-state index contributed by atoms with van der Waals surface area (Å²) in [6.07, 6.45) is 9.72. The van der Waals surface area contributed by atoms with Crippen molar-refractivity contribution < 1.29 is 14.1 Å². The molecule has 0 atom stereocenters. The van der Waals surface area contributed by atoms with Crippen LogP contribution in [-0.4, -0.2) is 47.0 Å². The lowest BCUT2D eigenvalue weighted by Crippen LogP contribution is -2.56. The largest absolute Gasteiger partial charge is 0.332 e. The Hall–Kier alpha value is -3.89. The highest BCUT2D eigenvalue weighted by atomic mass is 16.5. The predicted molar refractivity (Wildman–Crippen MR) is 145 cm³/mol. The molecule has 0 saturated heterocycles. The fraction of sp³-hybridized carbons (Fsp3) is 0.552. The van der Waals surface area contributed by atoms with Crippen molar-refractivity contribution in [1.82, 2.24) is 29.2 Å². The zero-order valence-corrected chi connectivity index (χ0v) is 22.8. The molecule has 3 aromatic heterocycles. The van der Waals surface area contributed by atoms with Crippen LogP contribution >= 0.6 is 0 Å². The number of aromatic nitrogens is 5. The lowest BCUT2D eigenvalue weighted by atomic mass is 9.89. The fourth-order valence-electron chi connectivity index (χ4n) is 5.67. The SMILES string of the molecule is CC1(CCCn2c3c(c(=O)n(CCCCc4noc(-c5ccccn5)n4)c2=O)CC(=O)N(C2CCC2)C3=O)CC1. The molecule has 0 aromatic carbocycles. The number of unbranched alkanes of at least 4 members (excludes halogenated alkanes) is 1. The first-order valence-corrected chi connectivity index (χ1v) is 14.3. The van der Waals surface area contributed by atoms with E-state index in [4.69, 9.17) is 4.52 Å². The third-order valence-electron chi connectivity index (χ3n) is 8.63. The normalized spacial score (nSPS) is 18.1. The van der Waals surface area contributed by atoms with Gasteiger partial charge in [0, 0.05) is 31.7 Å². The number of carbonyl (C=O) groups excluding carboxylic acids is 2. The molecule has 3 aromatic rings. The zero-order valence-electron chi connectivity index (χ0n) is 22.8. The first kappa shape index (κ1) is 26.3. The number of amides is 2. The topological polar surface area (TPSA) is 133 Å². The van der Waals surface area contributed by atoms with Gasteiger partial charge in [-0.3, -0.25) is 33.4 Å². The Bertz CT molecular complexity index is 1550. The summed E-state index contributed by atoms with van der Waals surface area (Å²) in [5.74, 6) is 0.0320. The van der Waals surface area contributed by atoms with Crippen molar-refractivity contribution in [1.29, 1.82) is 0 Å². The molecule has 1 aliphatic heterocycles. The smallest absolute Gasteiger partial charge is 0.331 e. The molecule has 2 saturated carbocycles. The van der Waals surface area contributed by atoms with Crippen LogP contribution in [0.15, 0.2) is 38.5 Å². The minimum absolute atomic E-state index is 0.118. The molecule has 11 nitrogen and oxygen atoms in total. The van der Waals surface area contributed by atoms with Crippen LogP contribution in [0.2, 0.25) is 0 Å².